The van der Waals surface area contributed by atoms with Gasteiger partial charge in [0.05, 0.1) is 6.04 Å². The van der Waals surface area contributed by atoms with Gasteiger partial charge in [0, 0.05) is 30.3 Å². The molecule has 2 fully saturated rings. The molecule has 3 rings (SSSR count). The first-order chi connectivity index (χ1) is 11.1. The molecule has 23 heavy (non-hydrogen) atoms. The fraction of sp³-hybridized carbons (Fsp3) is 0.647. The number of aromatic nitrogens is 1. The molecule has 5 nitrogen and oxygen atoms in total. The van der Waals surface area contributed by atoms with Gasteiger partial charge in [0.15, 0.2) is 0 Å². The highest BCUT2D eigenvalue weighted by molar-refractivity contribution is 9.10. The number of aryl methyl sites for hydroxylation is 1. The van der Waals surface area contributed by atoms with Crippen LogP contribution >= 0.6 is 15.9 Å². The van der Waals surface area contributed by atoms with Crippen LogP contribution in [0.2, 0.25) is 0 Å². The first-order valence-electron chi connectivity index (χ1n) is 8.51. The first kappa shape index (κ1) is 16.7. The Balaban J connectivity index is 1.53. The monoisotopic (exact) mass is 380 g/mol. The van der Waals surface area contributed by atoms with Crippen LogP contribution in [0.1, 0.15) is 31.2 Å². The van der Waals surface area contributed by atoms with Crippen LogP contribution in [0, 0.1) is 12.8 Å². The molecule has 6 heteroatoms. The highest BCUT2D eigenvalue weighted by Gasteiger charge is 2.25. The molecule has 2 aliphatic heterocycles. The highest BCUT2D eigenvalue weighted by atomic mass is 79.9. The van der Waals surface area contributed by atoms with E-state index in [4.69, 9.17) is 0 Å². The van der Waals surface area contributed by atoms with Crippen molar-refractivity contribution in [2.75, 3.05) is 31.1 Å². The van der Waals surface area contributed by atoms with E-state index in [1.54, 1.807) is 0 Å². The number of carbonyl (C=O) groups excluding carboxylic acids is 1. The molecular weight excluding hydrogens is 356 g/mol. The molecule has 2 N–H and O–H groups in total. The van der Waals surface area contributed by atoms with E-state index < -0.39 is 0 Å². The Bertz CT molecular complexity index is 560. The van der Waals surface area contributed by atoms with Crippen molar-refractivity contribution in [3.05, 3.63) is 22.3 Å². The van der Waals surface area contributed by atoms with E-state index in [2.05, 4.69) is 49.4 Å². The lowest BCUT2D eigenvalue weighted by Crippen LogP contribution is -2.45. The van der Waals surface area contributed by atoms with Gasteiger partial charge in [-0.05, 0) is 72.6 Å². The molecule has 2 saturated heterocycles. The molecule has 0 aliphatic carbocycles. The SMILES string of the molecule is Cc1cc(N2CCCC(CNC(=O)C3CCCN3)C2)ncc1Br. The maximum absolute atomic E-state index is 12.1. The Morgan fingerprint density at radius 1 is 1.48 bits per heavy atom. The van der Waals surface area contributed by atoms with Gasteiger partial charge in [0.1, 0.15) is 5.82 Å². The van der Waals surface area contributed by atoms with Crippen LogP contribution in [0.15, 0.2) is 16.7 Å². The highest BCUT2D eigenvalue weighted by Crippen LogP contribution is 2.24. The summed E-state index contributed by atoms with van der Waals surface area (Å²) in [6.07, 6.45) is 6.26. The van der Waals surface area contributed by atoms with E-state index in [1.807, 2.05) is 6.20 Å². The van der Waals surface area contributed by atoms with E-state index in [-0.39, 0.29) is 11.9 Å². The Kier molecular flexibility index (Phi) is 5.54. The van der Waals surface area contributed by atoms with Crippen molar-refractivity contribution in [3.63, 3.8) is 0 Å². The summed E-state index contributed by atoms with van der Waals surface area (Å²) in [4.78, 5) is 19.0. The normalized spacial score (nSPS) is 24.7. The van der Waals surface area contributed by atoms with E-state index in [0.29, 0.717) is 5.92 Å². The standard InChI is InChI=1S/C17H25BrN4O/c1-12-8-16(20-10-14(12)18)22-7-3-4-13(11-22)9-21-17(23)15-5-2-6-19-15/h8,10,13,15,19H,2-7,9,11H2,1H3,(H,21,23). The number of carbonyl (C=O) groups is 1. The number of anilines is 1. The molecule has 1 amide bonds. The molecule has 2 unspecified atom stereocenters. The van der Waals surface area contributed by atoms with Crippen molar-refractivity contribution in [3.8, 4) is 0 Å². The summed E-state index contributed by atoms with van der Waals surface area (Å²) in [6.45, 7) is 5.83. The number of hydrogen-bond donors (Lipinski definition) is 2. The zero-order valence-corrected chi connectivity index (χ0v) is 15.2. The summed E-state index contributed by atoms with van der Waals surface area (Å²) in [5.74, 6) is 1.70. The second-order valence-electron chi connectivity index (χ2n) is 6.64. The predicted octanol–water partition coefficient (Wildman–Crippen LogP) is 2.24. The third kappa shape index (κ3) is 4.23. The second-order valence-corrected chi connectivity index (χ2v) is 7.49. The molecule has 0 saturated carbocycles. The number of piperidine rings is 1. The Morgan fingerprint density at radius 3 is 3.09 bits per heavy atom. The van der Waals surface area contributed by atoms with Crippen LogP contribution in [0.25, 0.3) is 0 Å². The topological polar surface area (TPSA) is 57.3 Å². The number of rotatable bonds is 4. The summed E-state index contributed by atoms with van der Waals surface area (Å²) in [6, 6.07) is 2.15. The molecule has 2 atom stereocenters. The van der Waals surface area contributed by atoms with Gasteiger partial charge in [-0.15, -0.1) is 0 Å². The lowest BCUT2D eigenvalue weighted by Gasteiger charge is -2.34. The predicted molar refractivity (Wildman–Crippen MR) is 95.6 cm³/mol. The van der Waals surface area contributed by atoms with Gasteiger partial charge in [-0.3, -0.25) is 4.79 Å². The summed E-state index contributed by atoms with van der Waals surface area (Å²) in [7, 11) is 0. The number of nitrogens with zero attached hydrogens (tertiary/aromatic N) is 2. The van der Waals surface area contributed by atoms with Gasteiger partial charge in [-0.1, -0.05) is 0 Å². The largest absolute Gasteiger partial charge is 0.356 e. The molecular formula is C17H25BrN4O. The minimum atomic E-state index is 0.0190. The molecule has 0 spiro atoms. The first-order valence-corrected chi connectivity index (χ1v) is 9.31. The second kappa shape index (κ2) is 7.62. The number of amides is 1. The third-order valence-electron chi connectivity index (χ3n) is 4.82. The van der Waals surface area contributed by atoms with E-state index in [1.165, 1.54) is 12.0 Å². The zero-order chi connectivity index (χ0) is 16.2. The molecule has 126 valence electrons. The van der Waals surface area contributed by atoms with E-state index in [0.717, 1.165) is 55.7 Å². The molecule has 0 radical (unpaired) electrons. The smallest absolute Gasteiger partial charge is 0.237 e. The molecule has 0 bridgehead atoms. The van der Waals surface area contributed by atoms with Gasteiger partial charge in [-0.25, -0.2) is 4.98 Å². The lowest BCUT2D eigenvalue weighted by atomic mass is 9.97. The third-order valence-corrected chi connectivity index (χ3v) is 5.65. The van der Waals surface area contributed by atoms with Gasteiger partial charge in [0.25, 0.3) is 0 Å². The Labute approximate surface area is 146 Å². The molecule has 1 aromatic heterocycles. The van der Waals surface area contributed by atoms with Gasteiger partial charge < -0.3 is 15.5 Å². The fourth-order valence-electron chi connectivity index (χ4n) is 3.41. The van der Waals surface area contributed by atoms with Crippen LogP contribution in [0.3, 0.4) is 0 Å². The van der Waals surface area contributed by atoms with Crippen molar-refractivity contribution in [1.29, 1.82) is 0 Å². The number of pyridine rings is 1. The molecule has 2 aliphatic rings. The van der Waals surface area contributed by atoms with Crippen molar-refractivity contribution < 1.29 is 4.79 Å². The van der Waals surface area contributed by atoms with E-state index in [9.17, 15) is 4.79 Å². The quantitative estimate of drug-likeness (QED) is 0.840. The van der Waals surface area contributed by atoms with E-state index >= 15 is 0 Å². The number of halogens is 1. The average molecular weight is 381 g/mol. The lowest BCUT2D eigenvalue weighted by molar-refractivity contribution is -0.122. The van der Waals surface area contributed by atoms with Gasteiger partial charge in [-0.2, -0.15) is 0 Å². The van der Waals surface area contributed by atoms with Crippen LogP contribution < -0.4 is 15.5 Å². The van der Waals surface area contributed by atoms with Crippen molar-refractivity contribution in [1.82, 2.24) is 15.6 Å². The van der Waals surface area contributed by atoms with Crippen LogP contribution in [0.5, 0.6) is 0 Å². The van der Waals surface area contributed by atoms with Crippen molar-refractivity contribution >= 4 is 27.7 Å². The fourth-order valence-corrected chi connectivity index (χ4v) is 3.63. The Morgan fingerprint density at radius 2 is 2.35 bits per heavy atom. The summed E-state index contributed by atoms with van der Waals surface area (Å²) in [5.41, 5.74) is 1.21. The van der Waals surface area contributed by atoms with Gasteiger partial charge in [0.2, 0.25) is 5.91 Å². The summed E-state index contributed by atoms with van der Waals surface area (Å²) < 4.78 is 1.05. The summed E-state index contributed by atoms with van der Waals surface area (Å²) >= 11 is 3.50. The van der Waals surface area contributed by atoms with Gasteiger partial charge >= 0.3 is 0 Å². The minimum Gasteiger partial charge on any atom is -0.356 e. The molecule has 3 heterocycles. The number of nitrogens with one attached hydrogen (secondary N) is 2. The van der Waals surface area contributed by atoms with Crippen molar-refractivity contribution in [2.24, 2.45) is 5.92 Å². The van der Waals surface area contributed by atoms with Crippen LogP contribution in [-0.2, 0) is 4.79 Å². The Hall–Kier alpha value is -1.14. The maximum Gasteiger partial charge on any atom is 0.237 e. The number of hydrogen-bond acceptors (Lipinski definition) is 4. The van der Waals surface area contributed by atoms with Crippen LogP contribution in [0.4, 0.5) is 5.82 Å². The maximum atomic E-state index is 12.1. The zero-order valence-electron chi connectivity index (χ0n) is 13.6. The van der Waals surface area contributed by atoms with Crippen LogP contribution in [-0.4, -0.2) is 43.1 Å². The summed E-state index contributed by atoms with van der Waals surface area (Å²) in [5, 5.41) is 6.38. The van der Waals surface area contributed by atoms with Crippen molar-refractivity contribution in [2.45, 2.75) is 38.6 Å². The molecule has 0 aromatic carbocycles. The average Bonchev–Trinajstić information content (AvgIpc) is 3.10. The molecule has 1 aromatic rings. The minimum absolute atomic E-state index is 0.0190.